The van der Waals surface area contributed by atoms with Crippen LogP contribution >= 0.6 is 0 Å². The van der Waals surface area contributed by atoms with Crippen LogP contribution in [0.4, 0.5) is 0 Å². The second-order valence-corrected chi connectivity index (χ2v) is 0.578. The molecule has 30 valence electrons. The van der Waals surface area contributed by atoms with Crippen LogP contribution in [0.15, 0.2) is 17.2 Å². The van der Waals surface area contributed by atoms with E-state index in [9.17, 15) is 0 Å². The summed E-state index contributed by atoms with van der Waals surface area (Å²) in [6.07, 6.45) is 2.53. The average Bonchev–Trinajstić information content (AvgIpc) is 1.76. The molecule has 0 spiro atoms. The second kappa shape index (κ2) is 3.58. The van der Waals surface area contributed by atoms with Crippen molar-refractivity contribution >= 4 is 37.7 Å². The number of aromatic nitrogens is 2. The molecule has 3 nitrogen and oxygen atoms in total. The minimum atomic E-state index is 0. The zero-order valence-corrected chi connectivity index (χ0v) is 5.37. The van der Waals surface area contributed by atoms with Gasteiger partial charge in [0.05, 0.1) is 0 Å². The van der Waals surface area contributed by atoms with E-state index in [2.05, 4.69) is 14.6 Å². The number of hydrogen-bond donors (Lipinski definition) is 0. The van der Waals surface area contributed by atoms with Gasteiger partial charge in [-0.25, -0.2) is 0 Å². The van der Waals surface area contributed by atoms with Gasteiger partial charge in [-0.05, 0) is 0 Å². The predicted molar refractivity (Wildman–Crippen MR) is 22.3 cm³/mol. The molecular formula is C2H4CaN2O. The molecule has 1 rings (SSSR count). The van der Waals surface area contributed by atoms with Crippen molar-refractivity contribution in [3.8, 4) is 0 Å². The topological polar surface area (TPSA) is 38.9 Å². The molecule has 1 aromatic heterocycles. The van der Waals surface area contributed by atoms with Crippen LogP contribution < -0.4 is 0 Å². The van der Waals surface area contributed by atoms with Crippen LogP contribution in [0.3, 0.4) is 0 Å². The van der Waals surface area contributed by atoms with E-state index in [0.29, 0.717) is 0 Å². The van der Waals surface area contributed by atoms with E-state index in [1.165, 1.54) is 12.8 Å². The fourth-order valence-corrected chi connectivity index (χ4v) is 0.136. The maximum absolute atomic E-state index is 4.36. The Morgan fingerprint density at radius 1 is 1.33 bits per heavy atom. The van der Waals surface area contributed by atoms with Gasteiger partial charge in [0.15, 0.2) is 0 Å². The summed E-state index contributed by atoms with van der Waals surface area (Å²) in [5.41, 5.74) is 0. The van der Waals surface area contributed by atoms with Gasteiger partial charge in [-0.1, -0.05) is 0 Å². The Morgan fingerprint density at radius 3 is 2.00 bits per heavy atom. The zero-order chi connectivity index (χ0) is 3.54. The van der Waals surface area contributed by atoms with E-state index < -0.39 is 0 Å². The average molecular weight is 112 g/mol. The third-order valence-electron chi connectivity index (χ3n) is 0.283. The van der Waals surface area contributed by atoms with E-state index in [-0.39, 0.29) is 40.6 Å². The fourth-order valence-electron chi connectivity index (χ4n) is 0.136. The largest absolute Gasteiger partial charge is 2.00 e. The van der Waals surface area contributed by atoms with Crippen molar-refractivity contribution in [1.29, 1.82) is 0 Å². The predicted octanol–water partition coefficient (Wildman–Crippen LogP) is -0.0862. The molecule has 0 radical (unpaired) electrons. The van der Waals surface area contributed by atoms with Crippen molar-refractivity contribution in [2.75, 3.05) is 0 Å². The first-order valence-electron chi connectivity index (χ1n) is 1.19. The molecule has 0 bridgehead atoms. The summed E-state index contributed by atoms with van der Waals surface area (Å²) in [6, 6.07) is 0. The minimum absolute atomic E-state index is 0. The molecule has 0 aromatic carbocycles. The summed E-state index contributed by atoms with van der Waals surface area (Å²) in [5.74, 6) is 0. The van der Waals surface area contributed by atoms with Crippen molar-refractivity contribution < 1.29 is 7.27 Å². The van der Waals surface area contributed by atoms with E-state index in [1.807, 2.05) is 0 Å². The molecule has 0 fully saturated rings. The number of rotatable bonds is 0. The van der Waals surface area contributed by atoms with Crippen LogP contribution in [0.1, 0.15) is 2.85 Å². The Hall–Kier alpha value is 0.400. The molecule has 0 aliphatic carbocycles. The van der Waals surface area contributed by atoms with Crippen LogP contribution in [0, 0.1) is 0 Å². The molecule has 0 amide bonds. The maximum Gasteiger partial charge on any atom is 2.00 e. The standard InChI is InChI=1S/C2H2N2O.Ca.2H/c1-3-4-2-5-1;;;/h1-2H;;;/q;+2;2*-1. The third-order valence-corrected chi connectivity index (χ3v) is 0.283. The molecule has 0 atom stereocenters. The van der Waals surface area contributed by atoms with Crippen LogP contribution in [0.5, 0.6) is 0 Å². The van der Waals surface area contributed by atoms with Gasteiger partial charge in [0.1, 0.15) is 0 Å². The molecule has 1 heterocycles. The van der Waals surface area contributed by atoms with Crippen molar-refractivity contribution in [3.05, 3.63) is 12.8 Å². The summed E-state index contributed by atoms with van der Waals surface area (Å²) in [7, 11) is 0. The van der Waals surface area contributed by atoms with Gasteiger partial charge in [0, 0.05) is 0 Å². The quantitative estimate of drug-likeness (QED) is 0.440. The van der Waals surface area contributed by atoms with Gasteiger partial charge in [-0.3, -0.25) is 0 Å². The Balaban J connectivity index is -0.0000000833. The molecule has 0 saturated carbocycles. The van der Waals surface area contributed by atoms with E-state index in [1.54, 1.807) is 0 Å². The van der Waals surface area contributed by atoms with Gasteiger partial charge >= 0.3 is 37.7 Å². The molecule has 0 N–H and O–H groups in total. The molecule has 1 aromatic rings. The monoisotopic (exact) mass is 112 g/mol. The summed E-state index contributed by atoms with van der Waals surface area (Å²) in [6.45, 7) is 0. The van der Waals surface area contributed by atoms with Crippen LogP contribution in [0.2, 0.25) is 0 Å². The Kier molecular flexibility index (Phi) is 3.82. The SMILES string of the molecule is [Ca+2].[H-].[H-].c1nnco1. The van der Waals surface area contributed by atoms with Gasteiger partial charge < -0.3 is 7.27 Å². The van der Waals surface area contributed by atoms with E-state index in [4.69, 9.17) is 0 Å². The van der Waals surface area contributed by atoms with Crippen molar-refractivity contribution in [3.63, 3.8) is 0 Å². The Morgan fingerprint density at radius 2 is 1.83 bits per heavy atom. The van der Waals surface area contributed by atoms with E-state index >= 15 is 0 Å². The summed E-state index contributed by atoms with van der Waals surface area (Å²) < 4.78 is 4.36. The molecule has 0 aliphatic heterocycles. The van der Waals surface area contributed by atoms with Gasteiger partial charge in [-0.15, -0.1) is 10.2 Å². The number of nitrogens with zero attached hydrogens (tertiary/aromatic N) is 2. The molecular weight excluding hydrogens is 108 g/mol. The summed E-state index contributed by atoms with van der Waals surface area (Å²) in [4.78, 5) is 0. The van der Waals surface area contributed by atoms with Crippen LogP contribution in [0.25, 0.3) is 0 Å². The molecule has 4 heteroatoms. The summed E-state index contributed by atoms with van der Waals surface area (Å²) in [5, 5.41) is 6.61. The van der Waals surface area contributed by atoms with Crippen molar-refractivity contribution in [1.82, 2.24) is 10.2 Å². The van der Waals surface area contributed by atoms with Gasteiger partial charge in [0.25, 0.3) is 0 Å². The normalized spacial score (nSPS) is 6.67. The number of hydrogen-bond acceptors (Lipinski definition) is 3. The smallest absolute Gasteiger partial charge is 1.00 e. The molecule has 0 saturated heterocycles. The molecule has 6 heavy (non-hydrogen) atoms. The van der Waals surface area contributed by atoms with E-state index in [0.717, 1.165) is 0 Å². The van der Waals surface area contributed by atoms with Crippen molar-refractivity contribution in [2.24, 2.45) is 0 Å². The van der Waals surface area contributed by atoms with Crippen LogP contribution in [-0.2, 0) is 0 Å². The molecule has 0 aliphatic rings. The van der Waals surface area contributed by atoms with Crippen molar-refractivity contribution in [2.45, 2.75) is 0 Å². The fraction of sp³-hybridized carbons (Fsp3) is 0. The zero-order valence-electron chi connectivity index (χ0n) is 5.16. The third kappa shape index (κ3) is 1.74. The Bertz CT molecular complexity index is 74.5. The Labute approximate surface area is 67.7 Å². The maximum atomic E-state index is 4.36. The van der Waals surface area contributed by atoms with Crippen LogP contribution in [-0.4, -0.2) is 47.9 Å². The van der Waals surface area contributed by atoms with Gasteiger partial charge in [0.2, 0.25) is 12.8 Å². The first-order valence-corrected chi connectivity index (χ1v) is 1.19. The summed E-state index contributed by atoms with van der Waals surface area (Å²) >= 11 is 0. The minimum Gasteiger partial charge on any atom is -1.00 e. The van der Waals surface area contributed by atoms with Gasteiger partial charge in [-0.2, -0.15) is 0 Å². The first kappa shape index (κ1) is 6.40. The first-order chi connectivity index (χ1) is 2.50. The second-order valence-electron chi connectivity index (χ2n) is 0.578. The molecule has 0 unspecified atom stereocenters.